The first-order valence-corrected chi connectivity index (χ1v) is 9.76. The van der Waals surface area contributed by atoms with Gasteiger partial charge >= 0.3 is 0 Å². The summed E-state index contributed by atoms with van der Waals surface area (Å²) in [6.07, 6.45) is 0. The summed E-state index contributed by atoms with van der Waals surface area (Å²) >= 11 is 0. The van der Waals surface area contributed by atoms with Gasteiger partial charge in [-0.3, -0.25) is 0 Å². The van der Waals surface area contributed by atoms with E-state index in [0.29, 0.717) is 11.4 Å². The van der Waals surface area contributed by atoms with Gasteiger partial charge in [0.1, 0.15) is 5.52 Å². The van der Waals surface area contributed by atoms with E-state index in [2.05, 4.69) is 25.2 Å². The third-order valence-corrected chi connectivity index (χ3v) is 5.42. The van der Waals surface area contributed by atoms with Crippen molar-refractivity contribution in [1.82, 2.24) is 29.9 Å². The highest BCUT2D eigenvalue weighted by Crippen LogP contribution is 2.21. The first-order valence-electron chi connectivity index (χ1n) is 8.28. The minimum atomic E-state index is -3.64. The van der Waals surface area contributed by atoms with E-state index in [1.165, 1.54) is 12.1 Å². The summed E-state index contributed by atoms with van der Waals surface area (Å²) < 4.78 is 33.9. The standard InChI is InChI=1S/C17H16N6O3S/c1-2-23-15-9-8-12(10-14(15)20-22-23)17-19-16(26-21-17)11-18-27(24,25)13-6-4-3-5-7-13/h3-10,18H,2,11H2,1H3. The van der Waals surface area contributed by atoms with Crippen LogP contribution in [0.3, 0.4) is 0 Å². The van der Waals surface area contributed by atoms with Crippen molar-refractivity contribution >= 4 is 21.1 Å². The zero-order valence-electron chi connectivity index (χ0n) is 14.4. The van der Waals surface area contributed by atoms with Gasteiger partial charge in [-0.05, 0) is 37.3 Å². The first-order chi connectivity index (χ1) is 13.1. The van der Waals surface area contributed by atoms with Gasteiger partial charge < -0.3 is 4.52 Å². The Kier molecular flexibility index (Phi) is 4.42. The molecule has 0 bridgehead atoms. The van der Waals surface area contributed by atoms with Crippen LogP contribution in [-0.2, 0) is 23.1 Å². The molecule has 0 aliphatic rings. The van der Waals surface area contributed by atoms with Gasteiger partial charge in [-0.15, -0.1) is 5.10 Å². The van der Waals surface area contributed by atoms with Crippen LogP contribution in [0.25, 0.3) is 22.4 Å². The van der Waals surface area contributed by atoms with Crippen molar-refractivity contribution in [3.63, 3.8) is 0 Å². The molecule has 0 radical (unpaired) electrons. The van der Waals surface area contributed by atoms with Crippen LogP contribution >= 0.6 is 0 Å². The number of hydrogen-bond donors (Lipinski definition) is 1. The summed E-state index contributed by atoms with van der Waals surface area (Å²) in [4.78, 5) is 4.43. The van der Waals surface area contributed by atoms with Gasteiger partial charge in [-0.25, -0.2) is 17.8 Å². The van der Waals surface area contributed by atoms with E-state index < -0.39 is 10.0 Å². The predicted octanol–water partition coefficient (Wildman–Crippen LogP) is 1.98. The van der Waals surface area contributed by atoms with Gasteiger partial charge in [0.25, 0.3) is 0 Å². The number of nitrogens with zero attached hydrogens (tertiary/aromatic N) is 5. The molecule has 27 heavy (non-hydrogen) atoms. The Bertz CT molecular complexity index is 1180. The lowest BCUT2D eigenvalue weighted by molar-refractivity contribution is 0.376. The Morgan fingerprint density at radius 1 is 1.15 bits per heavy atom. The molecule has 138 valence electrons. The van der Waals surface area contributed by atoms with Gasteiger partial charge in [-0.1, -0.05) is 28.6 Å². The molecular weight excluding hydrogens is 368 g/mol. The average Bonchev–Trinajstić information content (AvgIpc) is 3.33. The van der Waals surface area contributed by atoms with Gasteiger partial charge in [0.05, 0.1) is 17.0 Å². The lowest BCUT2D eigenvalue weighted by Gasteiger charge is -2.03. The van der Waals surface area contributed by atoms with Crippen LogP contribution in [0.4, 0.5) is 0 Å². The van der Waals surface area contributed by atoms with Crippen molar-refractivity contribution in [1.29, 1.82) is 0 Å². The van der Waals surface area contributed by atoms with Gasteiger partial charge in [0.15, 0.2) is 0 Å². The van der Waals surface area contributed by atoms with Crippen LogP contribution in [0.1, 0.15) is 12.8 Å². The molecule has 0 saturated heterocycles. The van der Waals surface area contributed by atoms with Crippen LogP contribution < -0.4 is 4.72 Å². The fourth-order valence-electron chi connectivity index (χ4n) is 2.63. The predicted molar refractivity (Wildman–Crippen MR) is 97.0 cm³/mol. The molecule has 1 N–H and O–H groups in total. The topological polar surface area (TPSA) is 116 Å². The summed E-state index contributed by atoms with van der Waals surface area (Å²) in [6, 6.07) is 13.6. The Morgan fingerprint density at radius 3 is 2.74 bits per heavy atom. The molecule has 2 aromatic heterocycles. The van der Waals surface area contributed by atoms with Crippen LogP contribution in [0.15, 0.2) is 57.9 Å². The Morgan fingerprint density at radius 2 is 1.96 bits per heavy atom. The Labute approximate surface area is 155 Å². The van der Waals surface area contributed by atoms with E-state index >= 15 is 0 Å². The molecule has 2 heterocycles. The summed E-state index contributed by atoms with van der Waals surface area (Å²) in [5.74, 6) is 0.527. The van der Waals surface area contributed by atoms with Crippen molar-refractivity contribution in [3.05, 3.63) is 54.4 Å². The number of hydrogen-bond acceptors (Lipinski definition) is 7. The highest BCUT2D eigenvalue weighted by Gasteiger charge is 2.16. The largest absolute Gasteiger partial charge is 0.338 e. The maximum atomic E-state index is 12.2. The Hall–Kier alpha value is -3.11. The molecule has 0 fully saturated rings. The van der Waals surface area contributed by atoms with Crippen LogP contribution in [-0.4, -0.2) is 33.6 Å². The highest BCUT2D eigenvalue weighted by atomic mass is 32.2. The molecular formula is C17H16N6O3S. The number of benzene rings is 2. The fraction of sp³-hybridized carbons (Fsp3) is 0.176. The molecule has 2 aromatic carbocycles. The smallest absolute Gasteiger partial charge is 0.242 e. The molecule has 0 unspecified atom stereocenters. The van der Waals surface area contributed by atoms with Crippen LogP contribution in [0.2, 0.25) is 0 Å². The second kappa shape index (κ2) is 6.89. The summed E-state index contributed by atoms with van der Waals surface area (Å²) in [6.45, 7) is 2.62. The molecule has 0 amide bonds. The molecule has 0 saturated carbocycles. The number of rotatable bonds is 6. The van der Waals surface area contributed by atoms with E-state index in [-0.39, 0.29) is 17.3 Å². The van der Waals surface area contributed by atoms with Crippen molar-refractivity contribution < 1.29 is 12.9 Å². The molecule has 0 atom stereocenters. The second-order valence-corrected chi connectivity index (χ2v) is 7.52. The molecule has 9 nitrogen and oxygen atoms in total. The molecule has 0 spiro atoms. The quantitative estimate of drug-likeness (QED) is 0.540. The average molecular weight is 384 g/mol. The maximum absolute atomic E-state index is 12.2. The van der Waals surface area contributed by atoms with E-state index in [4.69, 9.17) is 4.52 Å². The number of fused-ring (bicyclic) bond motifs is 1. The lowest BCUT2D eigenvalue weighted by Crippen LogP contribution is -2.23. The minimum absolute atomic E-state index is 0.0987. The zero-order valence-corrected chi connectivity index (χ0v) is 15.2. The van der Waals surface area contributed by atoms with Crippen LogP contribution in [0, 0.1) is 0 Å². The van der Waals surface area contributed by atoms with Crippen molar-refractivity contribution in [3.8, 4) is 11.4 Å². The van der Waals surface area contributed by atoms with E-state index in [9.17, 15) is 8.42 Å². The van der Waals surface area contributed by atoms with E-state index in [1.54, 1.807) is 22.9 Å². The summed E-state index contributed by atoms with van der Waals surface area (Å²) in [5, 5.41) is 12.1. The van der Waals surface area contributed by atoms with E-state index in [1.807, 2.05) is 25.1 Å². The molecule has 0 aliphatic carbocycles. The number of aryl methyl sites for hydroxylation is 1. The third kappa shape index (κ3) is 3.44. The first kappa shape index (κ1) is 17.3. The molecule has 4 rings (SSSR count). The van der Waals surface area contributed by atoms with Crippen molar-refractivity contribution in [2.45, 2.75) is 24.9 Å². The summed E-state index contributed by atoms with van der Waals surface area (Å²) in [5.41, 5.74) is 2.36. The second-order valence-electron chi connectivity index (χ2n) is 5.76. The van der Waals surface area contributed by atoms with Crippen molar-refractivity contribution in [2.75, 3.05) is 0 Å². The maximum Gasteiger partial charge on any atom is 0.242 e. The molecule has 0 aliphatic heterocycles. The third-order valence-electron chi connectivity index (χ3n) is 4.01. The normalized spacial score (nSPS) is 11.9. The molecule has 10 heteroatoms. The SMILES string of the molecule is CCn1nnc2cc(-c3noc(CNS(=O)(=O)c4ccccc4)n3)ccc21. The van der Waals surface area contributed by atoms with Crippen molar-refractivity contribution in [2.24, 2.45) is 0 Å². The van der Waals surface area contributed by atoms with Gasteiger partial charge in [0, 0.05) is 12.1 Å². The highest BCUT2D eigenvalue weighted by molar-refractivity contribution is 7.89. The van der Waals surface area contributed by atoms with Crippen LogP contribution in [0.5, 0.6) is 0 Å². The Balaban J connectivity index is 1.52. The van der Waals surface area contributed by atoms with E-state index in [0.717, 1.165) is 17.6 Å². The fourth-order valence-corrected chi connectivity index (χ4v) is 3.62. The van der Waals surface area contributed by atoms with Gasteiger partial charge in [0.2, 0.25) is 21.7 Å². The molecule has 4 aromatic rings. The number of sulfonamides is 1. The minimum Gasteiger partial charge on any atom is -0.338 e. The monoisotopic (exact) mass is 384 g/mol. The van der Waals surface area contributed by atoms with Gasteiger partial charge in [-0.2, -0.15) is 4.98 Å². The lowest BCUT2D eigenvalue weighted by atomic mass is 10.2. The zero-order chi connectivity index (χ0) is 18.9. The number of aromatic nitrogens is 5. The summed E-state index contributed by atoms with van der Waals surface area (Å²) in [7, 11) is -3.64. The number of nitrogens with one attached hydrogen (secondary N) is 1.